The lowest BCUT2D eigenvalue weighted by Gasteiger charge is -2.43. The molecule has 1 aromatic heterocycles. The molecule has 0 radical (unpaired) electrons. The molecule has 1 aliphatic carbocycles. The van der Waals surface area contributed by atoms with Crippen molar-refractivity contribution in [3.63, 3.8) is 0 Å². The predicted octanol–water partition coefficient (Wildman–Crippen LogP) is 3.35. The van der Waals surface area contributed by atoms with Crippen LogP contribution in [0.25, 0.3) is 0 Å². The SMILES string of the molecule is COC(=O)c1ccc(C2(O)CC(C)CCC2C(C)C)o1. The highest BCUT2D eigenvalue weighted by Gasteiger charge is 2.46. The van der Waals surface area contributed by atoms with Crippen molar-refractivity contribution in [3.05, 3.63) is 23.7 Å². The molecule has 1 aliphatic rings. The van der Waals surface area contributed by atoms with E-state index in [-0.39, 0.29) is 11.7 Å². The molecule has 0 bridgehead atoms. The van der Waals surface area contributed by atoms with Crippen LogP contribution in [0.2, 0.25) is 0 Å². The minimum absolute atomic E-state index is 0.148. The van der Waals surface area contributed by atoms with Crippen LogP contribution in [0.15, 0.2) is 16.5 Å². The number of rotatable bonds is 3. The van der Waals surface area contributed by atoms with Gasteiger partial charge in [-0.2, -0.15) is 0 Å². The Kier molecular flexibility index (Phi) is 4.23. The standard InChI is InChI=1S/C16H24O4/c1-10(2)12-6-5-11(3)9-16(12,18)14-8-7-13(20-14)15(17)19-4/h7-8,10-12,18H,5-6,9H2,1-4H3. The first-order valence-corrected chi connectivity index (χ1v) is 7.29. The Bertz CT molecular complexity index is 477. The molecule has 0 aromatic carbocycles. The minimum atomic E-state index is -0.988. The molecule has 1 aromatic rings. The zero-order chi connectivity index (χ0) is 14.9. The third kappa shape index (κ3) is 2.62. The largest absolute Gasteiger partial charge is 0.463 e. The van der Waals surface area contributed by atoms with Crippen LogP contribution >= 0.6 is 0 Å². The number of furan rings is 1. The zero-order valence-electron chi connectivity index (χ0n) is 12.7. The Balaban J connectivity index is 2.34. The number of carbonyl (C=O) groups excluding carboxylic acids is 1. The summed E-state index contributed by atoms with van der Waals surface area (Å²) in [5.74, 6) is 1.08. The monoisotopic (exact) mass is 280 g/mol. The van der Waals surface area contributed by atoms with E-state index in [0.29, 0.717) is 24.0 Å². The van der Waals surface area contributed by atoms with Gasteiger partial charge >= 0.3 is 5.97 Å². The summed E-state index contributed by atoms with van der Waals surface area (Å²) >= 11 is 0. The van der Waals surface area contributed by atoms with Crippen molar-refractivity contribution in [3.8, 4) is 0 Å². The quantitative estimate of drug-likeness (QED) is 0.863. The van der Waals surface area contributed by atoms with E-state index in [4.69, 9.17) is 4.42 Å². The van der Waals surface area contributed by atoms with E-state index < -0.39 is 11.6 Å². The number of carbonyl (C=O) groups is 1. The summed E-state index contributed by atoms with van der Waals surface area (Å²) in [6, 6.07) is 3.29. The van der Waals surface area contributed by atoms with Gasteiger partial charge in [-0.15, -0.1) is 0 Å². The number of hydrogen-bond donors (Lipinski definition) is 1. The van der Waals surface area contributed by atoms with E-state index in [9.17, 15) is 9.90 Å². The molecule has 3 atom stereocenters. The smallest absolute Gasteiger partial charge is 0.373 e. The van der Waals surface area contributed by atoms with Gasteiger partial charge in [-0.3, -0.25) is 0 Å². The van der Waals surface area contributed by atoms with E-state index >= 15 is 0 Å². The second-order valence-corrected chi connectivity index (χ2v) is 6.32. The third-order valence-electron chi connectivity index (χ3n) is 4.47. The van der Waals surface area contributed by atoms with Gasteiger partial charge in [0.15, 0.2) is 0 Å². The fourth-order valence-electron chi connectivity index (χ4n) is 3.44. The maximum atomic E-state index is 11.5. The summed E-state index contributed by atoms with van der Waals surface area (Å²) in [6.07, 6.45) is 2.77. The molecule has 4 nitrogen and oxygen atoms in total. The van der Waals surface area contributed by atoms with Crippen LogP contribution in [-0.2, 0) is 10.3 Å². The fraction of sp³-hybridized carbons (Fsp3) is 0.688. The topological polar surface area (TPSA) is 59.7 Å². The molecule has 4 heteroatoms. The highest BCUT2D eigenvalue weighted by molar-refractivity contribution is 5.86. The molecule has 1 heterocycles. The molecule has 2 rings (SSSR count). The first-order valence-electron chi connectivity index (χ1n) is 7.29. The average Bonchev–Trinajstić information content (AvgIpc) is 2.87. The number of ether oxygens (including phenoxy) is 1. The molecule has 1 saturated carbocycles. The molecule has 1 N–H and O–H groups in total. The Morgan fingerprint density at radius 2 is 2.15 bits per heavy atom. The van der Waals surface area contributed by atoms with Crippen molar-refractivity contribution >= 4 is 5.97 Å². The number of aliphatic hydroxyl groups is 1. The number of methoxy groups -OCH3 is 1. The lowest BCUT2D eigenvalue weighted by molar-refractivity contribution is -0.101. The molecule has 0 aliphatic heterocycles. The molecule has 0 saturated heterocycles. The van der Waals surface area contributed by atoms with Crippen LogP contribution in [0.4, 0.5) is 0 Å². The highest BCUT2D eigenvalue weighted by Crippen LogP contribution is 2.47. The Morgan fingerprint density at radius 1 is 1.45 bits per heavy atom. The molecule has 0 amide bonds. The average molecular weight is 280 g/mol. The fourth-order valence-corrected chi connectivity index (χ4v) is 3.44. The van der Waals surface area contributed by atoms with E-state index in [1.807, 2.05) is 0 Å². The van der Waals surface area contributed by atoms with Gasteiger partial charge in [0.25, 0.3) is 0 Å². The van der Waals surface area contributed by atoms with Crippen LogP contribution in [0.1, 0.15) is 56.3 Å². The lowest BCUT2D eigenvalue weighted by Crippen LogP contribution is -2.42. The van der Waals surface area contributed by atoms with Crippen LogP contribution in [0.5, 0.6) is 0 Å². The summed E-state index contributed by atoms with van der Waals surface area (Å²) in [5.41, 5.74) is -0.988. The zero-order valence-corrected chi connectivity index (χ0v) is 12.7. The van der Waals surface area contributed by atoms with E-state index in [0.717, 1.165) is 12.8 Å². The Labute approximate surface area is 120 Å². The van der Waals surface area contributed by atoms with Crippen LogP contribution in [0, 0.1) is 17.8 Å². The van der Waals surface area contributed by atoms with Gasteiger partial charge in [0, 0.05) is 0 Å². The van der Waals surface area contributed by atoms with Crippen molar-refractivity contribution in [1.82, 2.24) is 0 Å². The van der Waals surface area contributed by atoms with Gasteiger partial charge in [-0.25, -0.2) is 4.79 Å². The van der Waals surface area contributed by atoms with Crippen molar-refractivity contribution in [2.24, 2.45) is 17.8 Å². The second-order valence-electron chi connectivity index (χ2n) is 6.32. The minimum Gasteiger partial charge on any atom is -0.463 e. The summed E-state index contributed by atoms with van der Waals surface area (Å²) in [4.78, 5) is 11.5. The first-order chi connectivity index (χ1) is 9.38. The molecule has 1 fully saturated rings. The maximum Gasteiger partial charge on any atom is 0.373 e. The first kappa shape index (κ1) is 15.1. The van der Waals surface area contributed by atoms with Crippen molar-refractivity contribution in [2.45, 2.75) is 45.6 Å². The van der Waals surface area contributed by atoms with Crippen molar-refractivity contribution in [1.29, 1.82) is 0 Å². The van der Waals surface area contributed by atoms with E-state index in [1.165, 1.54) is 7.11 Å². The number of esters is 1. The van der Waals surface area contributed by atoms with Crippen molar-refractivity contribution in [2.75, 3.05) is 7.11 Å². The molecule has 20 heavy (non-hydrogen) atoms. The highest BCUT2D eigenvalue weighted by atomic mass is 16.5. The maximum absolute atomic E-state index is 11.5. The molecular formula is C16H24O4. The predicted molar refractivity (Wildman–Crippen MR) is 75.3 cm³/mol. The Hall–Kier alpha value is -1.29. The van der Waals surface area contributed by atoms with Gasteiger partial charge in [0.05, 0.1) is 7.11 Å². The summed E-state index contributed by atoms with van der Waals surface area (Å²) < 4.78 is 10.2. The Morgan fingerprint density at radius 3 is 2.75 bits per heavy atom. The molecular weight excluding hydrogens is 256 g/mol. The van der Waals surface area contributed by atoms with Gasteiger partial charge in [0.2, 0.25) is 5.76 Å². The summed E-state index contributed by atoms with van der Waals surface area (Å²) in [7, 11) is 1.32. The third-order valence-corrected chi connectivity index (χ3v) is 4.47. The summed E-state index contributed by atoms with van der Waals surface area (Å²) in [5, 5.41) is 11.2. The van der Waals surface area contributed by atoms with Crippen LogP contribution in [0.3, 0.4) is 0 Å². The number of hydrogen-bond acceptors (Lipinski definition) is 4. The van der Waals surface area contributed by atoms with Gasteiger partial charge in [-0.05, 0) is 42.7 Å². The molecule has 3 unspecified atom stereocenters. The lowest BCUT2D eigenvalue weighted by atomic mass is 9.66. The second kappa shape index (κ2) is 5.60. The summed E-state index contributed by atoms with van der Waals surface area (Å²) in [6.45, 7) is 6.39. The van der Waals surface area contributed by atoms with Crippen molar-refractivity contribution < 1.29 is 19.1 Å². The van der Waals surface area contributed by atoms with E-state index in [2.05, 4.69) is 25.5 Å². The molecule has 0 spiro atoms. The van der Waals surface area contributed by atoms with E-state index in [1.54, 1.807) is 12.1 Å². The normalized spacial score (nSPS) is 30.5. The van der Waals surface area contributed by atoms with Gasteiger partial charge in [-0.1, -0.05) is 27.2 Å². The van der Waals surface area contributed by atoms with Crippen LogP contribution in [-0.4, -0.2) is 18.2 Å². The molecule has 112 valence electrons. The van der Waals surface area contributed by atoms with Gasteiger partial charge < -0.3 is 14.3 Å². The van der Waals surface area contributed by atoms with Gasteiger partial charge in [0.1, 0.15) is 11.4 Å². The van der Waals surface area contributed by atoms with Crippen LogP contribution < -0.4 is 0 Å².